The fraction of sp³-hybridized carbons (Fsp3) is 0.561. The average Bonchev–Trinajstić information content (AvgIpc) is 3.70. The van der Waals surface area contributed by atoms with Crippen LogP contribution in [0.25, 0.3) is 0 Å². The van der Waals surface area contributed by atoms with Crippen molar-refractivity contribution in [2.24, 2.45) is 23.0 Å². The van der Waals surface area contributed by atoms with Gasteiger partial charge < -0.3 is 35.6 Å². The summed E-state index contributed by atoms with van der Waals surface area (Å²) in [6.45, 7) is 10.4. The number of carbonyl (C=O) groups excluding carboxylic acids is 6. The highest BCUT2D eigenvalue weighted by Crippen LogP contribution is 2.30. The van der Waals surface area contributed by atoms with Gasteiger partial charge >= 0.3 is 11.9 Å². The van der Waals surface area contributed by atoms with E-state index in [0.29, 0.717) is 25.9 Å². The molecule has 13 nitrogen and oxygen atoms in total. The predicted octanol–water partition coefficient (Wildman–Crippen LogP) is 3.48. The monoisotopic (exact) mass is 747 g/mol. The molecule has 2 aliphatic rings. The minimum Gasteiger partial charge on any atom is -0.461 e. The Labute approximate surface area is 318 Å². The topological polar surface area (TPSA) is 177 Å². The van der Waals surface area contributed by atoms with Crippen LogP contribution in [0.2, 0.25) is 0 Å². The molecule has 0 spiro atoms. The van der Waals surface area contributed by atoms with Gasteiger partial charge in [-0.15, -0.1) is 0 Å². The number of benzene rings is 2. The molecular weight excluding hydrogens is 690 g/mol. The first-order chi connectivity index (χ1) is 25.6. The van der Waals surface area contributed by atoms with Crippen molar-refractivity contribution in [2.75, 3.05) is 19.6 Å². The van der Waals surface area contributed by atoms with Crippen LogP contribution in [0.1, 0.15) is 84.3 Å². The van der Waals surface area contributed by atoms with Gasteiger partial charge in [-0.25, -0.2) is 4.79 Å². The largest absolute Gasteiger partial charge is 0.461 e. The third-order valence-corrected chi connectivity index (χ3v) is 9.90. The van der Waals surface area contributed by atoms with Crippen LogP contribution in [-0.2, 0) is 51.5 Å². The SMILES string of the molecule is CC(C)C[C@H](NC(=O)[C@H](CC(=O)OCc1ccccc1)NC(=O)[C@@H]1[C@H](C(=O)N2CCCC2)CCCN1C(=O)[C@@H](N)C(C)(C)C)C(=O)OCc1ccccc1. The van der Waals surface area contributed by atoms with Crippen molar-refractivity contribution >= 4 is 35.6 Å². The number of amides is 4. The third-order valence-electron chi connectivity index (χ3n) is 9.90. The molecule has 54 heavy (non-hydrogen) atoms. The standard InChI is InChI=1S/C41H57N5O8/c1-27(2)23-32(40(52)54-26-29-17-10-7-11-18-29)44-36(48)31(24-33(47)53-25-28-15-8-6-9-16-28)43-37(49)34-30(38(50)45-20-12-13-21-45)19-14-22-46(34)39(51)35(42)41(3,4)5/h6-11,15-18,27,30-32,34-35H,12-14,19-26,42H2,1-5H3,(H,43,49)(H,44,48)/t30-,31+,32+,34+,35-/m1/s1. The Morgan fingerprint density at radius 1 is 0.796 bits per heavy atom. The first kappa shape index (κ1) is 42.0. The molecule has 0 unspecified atom stereocenters. The normalized spacial score (nSPS) is 19.0. The van der Waals surface area contributed by atoms with Crippen LogP contribution in [0.3, 0.4) is 0 Å². The molecule has 0 aliphatic carbocycles. The molecule has 4 amide bonds. The summed E-state index contributed by atoms with van der Waals surface area (Å²) in [6.07, 6.45) is 2.15. The maximum atomic E-state index is 14.5. The molecular formula is C41H57N5O8. The maximum Gasteiger partial charge on any atom is 0.328 e. The molecule has 2 aromatic rings. The van der Waals surface area contributed by atoms with Gasteiger partial charge in [0.05, 0.1) is 18.4 Å². The van der Waals surface area contributed by atoms with E-state index < -0.39 is 71.6 Å². The van der Waals surface area contributed by atoms with Gasteiger partial charge in [0.25, 0.3) is 0 Å². The van der Waals surface area contributed by atoms with Crippen molar-refractivity contribution in [3.8, 4) is 0 Å². The molecule has 5 atom stereocenters. The third kappa shape index (κ3) is 11.9. The number of piperidine rings is 1. The Morgan fingerprint density at radius 3 is 1.93 bits per heavy atom. The van der Waals surface area contributed by atoms with E-state index in [1.165, 1.54) is 4.90 Å². The lowest BCUT2D eigenvalue weighted by Gasteiger charge is -2.43. The van der Waals surface area contributed by atoms with E-state index in [-0.39, 0.29) is 38.0 Å². The van der Waals surface area contributed by atoms with Crippen LogP contribution in [0, 0.1) is 17.3 Å². The Balaban J connectivity index is 1.62. The Morgan fingerprint density at radius 2 is 1.37 bits per heavy atom. The Bertz CT molecular complexity index is 1590. The lowest BCUT2D eigenvalue weighted by molar-refractivity contribution is -0.155. The van der Waals surface area contributed by atoms with Gasteiger partial charge in [-0.2, -0.15) is 0 Å². The van der Waals surface area contributed by atoms with Crippen LogP contribution in [0.5, 0.6) is 0 Å². The summed E-state index contributed by atoms with van der Waals surface area (Å²) in [7, 11) is 0. The number of nitrogens with zero attached hydrogens (tertiary/aromatic N) is 2. The van der Waals surface area contributed by atoms with Crippen molar-refractivity contribution in [1.82, 2.24) is 20.4 Å². The highest BCUT2D eigenvalue weighted by molar-refractivity contribution is 5.98. The lowest BCUT2D eigenvalue weighted by atomic mass is 9.83. The number of nitrogens with one attached hydrogen (secondary N) is 2. The predicted molar refractivity (Wildman–Crippen MR) is 202 cm³/mol. The van der Waals surface area contributed by atoms with Crippen LogP contribution >= 0.6 is 0 Å². The van der Waals surface area contributed by atoms with E-state index in [2.05, 4.69) is 10.6 Å². The Kier molecular flexibility index (Phi) is 15.2. The number of likely N-dealkylation sites (tertiary alicyclic amines) is 2. The number of ether oxygens (including phenoxy) is 2. The van der Waals surface area contributed by atoms with Crippen molar-refractivity contribution in [3.63, 3.8) is 0 Å². The smallest absolute Gasteiger partial charge is 0.328 e. The van der Waals surface area contributed by atoms with Crippen LogP contribution in [0.4, 0.5) is 0 Å². The van der Waals surface area contributed by atoms with Crippen LogP contribution in [0.15, 0.2) is 60.7 Å². The highest BCUT2D eigenvalue weighted by atomic mass is 16.5. The van der Waals surface area contributed by atoms with Crippen molar-refractivity contribution in [3.05, 3.63) is 71.8 Å². The van der Waals surface area contributed by atoms with Gasteiger partial charge in [0.15, 0.2) is 0 Å². The number of rotatable bonds is 15. The fourth-order valence-corrected chi connectivity index (χ4v) is 6.76. The molecule has 294 valence electrons. The second kappa shape index (κ2) is 19.5. The zero-order valence-corrected chi connectivity index (χ0v) is 32.3. The molecule has 0 bridgehead atoms. The van der Waals surface area contributed by atoms with Crippen molar-refractivity contribution in [2.45, 2.75) is 111 Å². The molecule has 2 aliphatic heterocycles. The second-order valence-electron chi connectivity index (χ2n) is 15.8. The molecule has 2 heterocycles. The van der Waals surface area contributed by atoms with Gasteiger partial charge in [-0.1, -0.05) is 95.3 Å². The number of hydrogen-bond acceptors (Lipinski definition) is 9. The number of esters is 2. The van der Waals surface area contributed by atoms with Gasteiger partial charge in [-0.3, -0.25) is 24.0 Å². The van der Waals surface area contributed by atoms with E-state index in [1.807, 2.05) is 71.0 Å². The lowest BCUT2D eigenvalue weighted by Crippen LogP contribution is -2.65. The van der Waals surface area contributed by atoms with E-state index in [0.717, 1.165) is 24.0 Å². The summed E-state index contributed by atoms with van der Waals surface area (Å²) in [6, 6.07) is 13.2. The molecule has 2 saturated heterocycles. The average molecular weight is 748 g/mol. The summed E-state index contributed by atoms with van der Waals surface area (Å²) in [4.78, 5) is 86.2. The number of hydrogen-bond donors (Lipinski definition) is 3. The van der Waals surface area contributed by atoms with Crippen LogP contribution in [-0.4, -0.2) is 89.2 Å². The summed E-state index contributed by atoms with van der Waals surface area (Å²) in [5.74, 6) is -4.68. The summed E-state index contributed by atoms with van der Waals surface area (Å²) in [5.41, 5.74) is 7.27. The van der Waals surface area contributed by atoms with Gasteiger partial charge in [0, 0.05) is 19.6 Å². The van der Waals surface area contributed by atoms with Crippen LogP contribution < -0.4 is 16.4 Å². The molecule has 2 aromatic carbocycles. The van der Waals surface area contributed by atoms with Crippen molar-refractivity contribution in [1.29, 1.82) is 0 Å². The molecule has 13 heteroatoms. The van der Waals surface area contributed by atoms with E-state index in [1.54, 1.807) is 29.2 Å². The first-order valence-electron chi connectivity index (χ1n) is 19.0. The van der Waals surface area contributed by atoms with E-state index >= 15 is 0 Å². The van der Waals surface area contributed by atoms with E-state index in [4.69, 9.17) is 15.2 Å². The molecule has 4 N–H and O–H groups in total. The van der Waals surface area contributed by atoms with Gasteiger partial charge in [-0.05, 0) is 54.6 Å². The first-order valence-corrected chi connectivity index (χ1v) is 19.0. The fourth-order valence-electron chi connectivity index (χ4n) is 6.76. The minimum absolute atomic E-state index is 0.00913. The second-order valence-corrected chi connectivity index (χ2v) is 15.8. The Hall–Kier alpha value is -4.78. The van der Waals surface area contributed by atoms with Gasteiger partial charge in [0.1, 0.15) is 31.3 Å². The molecule has 2 fully saturated rings. The molecule has 4 rings (SSSR count). The zero-order valence-electron chi connectivity index (χ0n) is 32.3. The van der Waals surface area contributed by atoms with Crippen molar-refractivity contribution < 1.29 is 38.2 Å². The molecule has 0 radical (unpaired) electrons. The highest BCUT2D eigenvalue weighted by Gasteiger charge is 2.47. The van der Waals surface area contributed by atoms with E-state index in [9.17, 15) is 28.8 Å². The van der Waals surface area contributed by atoms with Gasteiger partial charge in [0.2, 0.25) is 23.6 Å². The zero-order chi connectivity index (χ0) is 39.4. The summed E-state index contributed by atoms with van der Waals surface area (Å²) < 4.78 is 11.1. The number of nitrogens with two attached hydrogens (primary N) is 1. The minimum atomic E-state index is -1.52. The maximum absolute atomic E-state index is 14.5. The molecule has 0 aromatic heterocycles. The quantitative estimate of drug-likeness (QED) is 0.230. The summed E-state index contributed by atoms with van der Waals surface area (Å²) in [5, 5.41) is 5.41. The summed E-state index contributed by atoms with van der Waals surface area (Å²) >= 11 is 0. The molecule has 0 saturated carbocycles. The number of carbonyl (C=O) groups is 6.